The number of nitrogens with one attached hydrogen (secondary N) is 1. The maximum Gasteiger partial charge on any atom is 0.324 e. The Morgan fingerprint density at radius 2 is 2.30 bits per heavy atom. The van der Waals surface area contributed by atoms with Gasteiger partial charge in [-0.05, 0) is 0 Å². The first-order valence-corrected chi connectivity index (χ1v) is 2.77. The molecule has 0 radical (unpaired) electrons. The molecule has 0 unspecified atom stereocenters. The standard InChI is InChI=1S/C5H6N2O3/c8-2-1-7-4(9)3-6-5(7)10/h2H,1,3H2,(H,6,10). The quantitative estimate of drug-likeness (QED) is 0.386. The van der Waals surface area contributed by atoms with Crippen LogP contribution in [-0.4, -0.2) is 36.2 Å². The number of hydrogen-bond donors (Lipinski definition) is 1. The number of rotatable bonds is 2. The molecule has 5 heteroatoms. The van der Waals surface area contributed by atoms with Crippen molar-refractivity contribution in [3.05, 3.63) is 0 Å². The van der Waals surface area contributed by atoms with E-state index < -0.39 is 6.03 Å². The Kier molecular flexibility index (Phi) is 1.66. The number of urea groups is 1. The fraction of sp³-hybridized carbons (Fsp3) is 0.400. The molecule has 0 aromatic heterocycles. The van der Waals surface area contributed by atoms with Crippen molar-refractivity contribution in [1.82, 2.24) is 10.2 Å². The van der Waals surface area contributed by atoms with E-state index in [1.54, 1.807) is 0 Å². The average molecular weight is 142 g/mol. The summed E-state index contributed by atoms with van der Waals surface area (Å²) in [5.74, 6) is -0.350. The summed E-state index contributed by atoms with van der Waals surface area (Å²) in [6.45, 7) is -0.142. The Bertz CT molecular complexity index is 173. The Hall–Kier alpha value is -1.39. The Morgan fingerprint density at radius 1 is 1.60 bits per heavy atom. The van der Waals surface area contributed by atoms with Gasteiger partial charge in [-0.25, -0.2) is 4.79 Å². The van der Waals surface area contributed by atoms with Crippen LogP contribution in [0.25, 0.3) is 0 Å². The predicted molar refractivity (Wildman–Crippen MR) is 31.2 cm³/mol. The van der Waals surface area contributed by atoms with E-state index in [0.717, 1.165) is 4.90 Å². The summed E-state index contributed by atoms with van der Waals surface area (Å²) in [6, 6.07) is -0.489. The van der Waals surface area contributed by atoms with Crippen LogP contribution < -0.4 is 5.32 Å². The largest absolute Gasteiger partial charge is 0.329 e. The Morgan fingerprint density at radius 3 is 2.70 bits per heavy atom. The molecule has 1 heterocycles. The van der Waals surface area contributed by atoms with Crippen LogP contribution in [-0.2, 0) is 9.59 Å². The van der Waals surface area contributed by atoms with Gasteiger partial charge in [-0.3, -0.25) is 9.69 Å². The zero-order valence-electron chi connectivity index (χ0n) is 5.16. The van der Waals surface area contributed by atoms with Crippen LogP contribution in [0, 0.1) is 0 Å². The monoisotopic (exact) mass is 142 g/mol. The first-order chi connectivity index (χ1) is 4.75. The molecule has 0 atom stereocenters. The van der Waals surface area contributed by atoms with Crippen LogP contribution in [0.2, 0.25) is 0 Å². The second-order valence-corrected chi connectivity index (χ2v) is 1.83. The second-order valence-electron chi connectivity index (χ2n) is 1.83. The van der Waals surface area contributed by atoms with Crippen LogP contribution in [0.1, 0.15) is 0 Å². The van der Waals surface area contributed by atoms with Crippen molar-refractivity contribution in [2.45, 2.75) is 0 Å². The number of hydrogen-bond acceptors (Lipinski definition) is 3. The number of imide groups is 1. The van der Waals surface area contributed by atoms with Crippen LogP contribution in [0.15, 0.2) is 0 Å². The van der Waals surface area contributed by atoms with E-state index in [9.17, 15) is 14.4 Å². The van der Waals surface area contributed by atoms with Gasteiger partial charge in [0.05, 0.1) is 13.1 Å². The minimum absolute atomic E-state index is 0.00662. The van der Waals surface area contributed by atoms with Gasteiger partial charge < -0.3 is 10.1 Å². The molecule has 54 valence electrons. The molecule has 0 bridgehead atoms. The van der Waals surface area contributed by atoms with Gasteiger partial charge in [-0.2, -0.15) is 0 Å². The molecule has 1 N–H and O–H groups in total. The van der Waals surface area contributed by atoms with Crippen molar-refractivity contribution in [3.8, 4) is 0 Å². The second kappa shape index (κ2) is 2.47. The van der Waals surface area contributed by atoms with E-state index in [-0.39, 0.29) is 19.0 Å². The van der Waals surface area contributed by atoms with Gasteiger partial charge in [0.25, 0.3) is 0 Å². The number of nitrogens with zero attached hydrogens (tertiary/aromatic N) is 1. The molecular formula is C5H6N2O3. The summed E-state index contributed by atoms with van der Waals surface area (Å²) in [7, 11) is 0. The van der Waals surface area contributed by atoms with Crippen molar-refractivity contribution in [1.29, 1.82) is 0 Å². The van der Waals surface area contributed by atoms with Crippen LogP contribution in [0.4, 0.5) is 4.79 Å². The predicted octanol–water partition coefficient (Wildman–Crippen LogP) is -1.26. The lowest BCUT2D eigenvalue weighted by molar-refractivity contribution is -0.126. The molecule has 10 heavy (non-hydrogen) atoms. The fourth-order valence-corrected chi connectivity index (χ4v) is 0.715. The van der Waals surface area contributed by atoms with Gasteiger partial charge in [-0.15, -0.1) is 0 Å². The molecule has 1 fully saturated rings. The Balaban J connectivity index is 2.62. The van der Waals surface area contributed by atoms with Crippen molar-refractivity contribution in [3.63, 3.8) is 0 Å². The van der Waals surface area contributed by atoms with Crippen molar-refractivity contribution < 1.29 is 14.4 Å². The lowest BCUT2D eigenvalue weighted by atomic mass is 10.5. The summed E-state index contributed by atoms with van der Waals surface area (Å²) in [6.07, 6.45) is 0.517. The molecule has 0 aromatic carbocycles. The maximum atomic E-state index is 10.7. The third-order valence-corrected chi connectivity index (χ3v) is 1.19. The van der Waals surface area contributed by atoms with Crippen LogP contribution in [0.5, 0.6) is 0 Å². The van der Waals surface area contributed by atoms with Gasteiger partial charge in [0, 0.05) is 0 Å². The topological polar surface area (TPSA) is 66.5 Å². The SMILES string of the molecule is O=CCN1C(=O)CNC1=O. The molecule has 0 saturated carbocycles. The first kappa shape index (κ1) is 6.73. The van der Waals surface area contributed by atoms with Crippen molar-refractivity contribution >= 4 is 18.2 Å². The third kappa shape index (κ3) is 0.975. The van der Waals surface area contributed by atoms with E-state index in [2.05, 4.69) is 5.32 Å². The third-order valence-electron chi connectivity index (χ3n) is 1.19. The zero-order valence-corrected chi connectivity index (χ0v) is 5.16. The van der Waals surface area contributed by atoms with Gasteiger partial charge in [0.2, 0.25) is 5.91 Å². The molecule has 1 saturated heterocycles. The zero-order chi connectivity index (χ0) is 7.56. The summed E-state index contributed by atoms with van der Waals surface area (Å²) in [5.41, 5.74) is 0. The summed E-state index contributed by atoms with van der Waals surface area (Å²) in [4.78, 5) is 32.0. The number of carbonyl (C=O) groups excluding carboxylic acids is 3. The van der Waals surface area contributed by atoms with Gasteiger partial charge in [-0.1, -0.05) is 0 Å². The average Bonchev–Trinajstić information content (AvgIpc) is 2.20. The lowest BCUT2D eigenvalue weighted by Crippen LogP contribution is -2.32. The molecule has 0 aromatic rings. The van der Waals surface area contributed by atoms with Crippen molar-refractivity contribution in [2.24, 2.45) is 0 Å². The van der Waals surface area contributed by atoms with E-state index in [4.69, 9.17) is 0 Å². The molecule has 1 aliphatic rings. The highest BCUT2D eigenvalue weighted by Gasteiger charge is 2.27. The molecule has 1 aliphatic heterocycles. The fourth-order valence-electron chi connectivity index (χ4n) is 0.715. The maximum absolute atomic E-state index is 10.7. The van der Waals surface area contributed by atoms with Crippen LogP contribution >= 0.6 is 0 Å². The Labute approximate surface area is 57.0 Å². The van der Waals surface area contributed by atoms with Gasteiger partial charge in [0.1, 0.15) is 6.29 Å². The van der Waals surface area contributed by atoms with Gasteiger partial charge >= 0.3 is 6.03 Å². The number of aldehydes is 1. The highest BCUT2D eigenvalue weighted by atomic mass is 16.2. The highest BCUT2D eigenvalue weighted by Crippen LogP contribution is 1.95. The van der Waals surface area contributed by atoms with Crippen molar-refractivity contribution in [2.75, 3.05) is 13.1 Å². The molecule has 1 rings (SSSR count). The first-order valence-electron chi connectivity index (χ1n) is 2.77. The van der Waals surface area contributed by atoms with E-state index in [0.29, 0.717) is 6.29 Å². The van der Waals surface area contributed by atoms with Crippen LogP contribution in [0.3, 0.4) is 0 Å². The normalized spacial score (nSPS) is 17.4. The smallest absolute Gasteiger partial charge is 0.324 e. The lowest BCUT2D eigenvalue weighted by Gasteiger charge is -2.05. The molecule has 5 nitrogen and oxygen atoms in total. The number of amides is 3. The number of carbonyl (C=O) groups is 3. The highest BCUT2D eigenvalue weighted by molar-refractivity contribution is 6.03. The molecule has 0 aliphatic carbocycles. The molecular weight excluding hydrogens is 136 g/mol. The molecule has 3 amide bonds. The minimum atomic E-state index is -0.489. The summed E-state index contributed by atoms with van der Waals surface area (Å²) in [5, 5.41) is 2.28. The van der Waals surface area contributed by atoms with E-state index >= 15 is 0 Å². The summed E-state index contributed by atoms with van der Waals surface area (Å²) >= 11 is 0. The minimum Gasteiger partial charge on any atom is -0.329 e. The summed E-state index contributed by atoms with van der Waals surface area (Å²) < 4.78 is 0. The van der Waals surface area contributed by atoms with E-state index in [1.807, 2.05) is 0 Å². The van der Waals surface area contributed by atoms with E-state index in [1.165, 1.54) is 0 Å². The van der Waals surface area contributed by atoms with Gasteiger partial charge in [0.15, 0.2) is 0 Å². The molecule has 0 spiro atoms.